The standard InChI is InChI=1S/6C3H7O.Ba.Ti/c6*1-2-3-4;;/h6*2-3H2,1H3;;/q6*-1;+2;+4. The van der Waals surface area contributed by atoms with Crippen LogP contribution in [0.5, 0.6) is 0 Å². The van der Waals surface area contributed by atoms with E-state index in [9.17, 15) is 30.6 Å². The smallest absolute Gasteiger partial charge is 0.854 e. The molecule has 0 aromatic carbocycles. The molecule has 0 radical (unpaired) electrons. The third-order valence-corrected chi connectivity index (χ3v) is 1.22. The molecule has 0 atom stereocenters. The first-order valence-corrected chi connectivity index (χ1v) is 8.97. The molecular formula is C18H42BaO6Ti. The number of hydrogen-bond donors (Lipinski definition) is 0. The van der Waals surface area contributed by atoms with Gasteiger partial charge < -0.3 is 30.6 Å². The summed E-state index contributed by atoms with van der Waals surface area (Å²) in [6.07, 6.45) is 4.58. The predicted molar refractivity (Wildman–Crippen MR) is 96.7 cm³/mol. The minimum absolute atomic E-state index is 0. The van der Waals surface area contributed by atoms with Crippen molar-refractivity contribution < 1.29 is 52.4 Å². The third kappa shape index (κ3) is 252. The van der Waals surface area contributed by atoms with Crippen LogP contribution in [-0.4, -0.2) is 88.5 Å². The van der Waals surface area contributed by atoms with Crippen molar-refractivity contribution in [2.24, 2.45) is 0 Å². The summed E-state index contributed by atoms with van der Waals surface area (Å²) in [4.78, 5) is 0. The van der Waals surface area contributed by atoms with Crippen LogP contribution >= 0.6 is 0 Å². The van der Waals surface area contributed by atoms with Crippen LogP contribution in [0.4, 0.5) is 0 Å². The van der Waals surface area contributed by atoms with Crippen LogP contribution in [0.1, 0.15) is 80.1 Å². The van der Waals surface area contributed by atoms with Crippen molar-refractivity contribution in [2.75, 3.05) is 39.6 Å². The normalized spacial score (nSPS) is 6.92. The van der Waals surface area contributed by atoms with Crippen LogP contribution in [-0.2, 0) is 21.7 Å². The summed E-state index contributed by atoms with van der Waals surface area (Å²) in [5, 5.41) is 55.8. The zero-order valence-corrected chi connectivity index (χ0v) is 24.1. The van der Waals surface area contributed by atoms with Gasteiger partial charge in [-0.3, -0.25) is 0 Å². The molecule has 0 fully saturated rings. The Balaban J connectivity index is -0.0000000245. The molecule has 8 heteroatoms. The van der Waals surface area contributed by atoms with E-state index in [0.29, 0.717) is 0 Å². The first-order chi connectivity index (χ1) is 11.5. The summed E-state index contributed by atoms with van der Waals surface area (Å²) in [7, 11) is 0. The fourth-order valence-electron chi connectivity index (χ4n) is 0. The fourth-order valence-corrected chi connectivity index (χ4v) is 0. The van der Waals surface area contributed by atoms with Crippen LogP contribution in [0, 0.1) is 0 Å². The Morgan fingerprint density at radius 3 is 0.385 bits per heavy atom. The van der Waals surface area contributed by atoms with E-state index in [0.717, 1.165) is 38.5 Å². The summed E-state index contributed by atoms with van der Waals surface area (Å²) in [5.41, 5.74) is 0. The van der Waals surface area contributed by atoms with Crippen LogP contribution in [0.3, 0.4) is 0 Å². The van der Waals surface area contributed by atoms with E-state index in [2.05, 4.69) is 0 Å². The zero-order chi connectivity index (χ0) is 20.5. The Bertz CT molecular complexity index is 74.7. The summed E-state index contributed by atoms with van der Waals surface area (Å²) < 4.78 is 0. The van der Waals surface area contributed by atoms with Gasteiger partial charge in [0, 0.05) is 0 Å². The van der Waals surface area contributed by atoms with Crippen molar-refractivity contribution >= 4 is 48.9 Å². The van der Waals surface area contributed by atoms with Crippen molar-refractivity contribution in [3.8, 4) is 0 Å². The second-order valence-electron chi connectivity index (χ2n) is 4.22. The molecule has 0 saturated carbocycles. The van der Waals surface area contributed by atoms with E-state index in [-0.39, 0.29) is 110 Å². The maximum Gasteiger partial charge on any atom is 4.00 e. The summed E-state index contributed by atoms with van der Waals surface area (Å²) >= 11 is 0. The molecule has 0 aromatic heterocycles. The van der Waals surface area contributed by atoms with Crippen LogP contribution in [0.15, 0.2) is 0 Å². The van der Waals surface area contributed by atoms with Crippen molar-refractivity contribution in [1.82, 2.24) is 0 Å². The van der Waals surface area contributed by atoms with Gasteiger partial charge >= 0.3 is 70.6 Å². The van der Waals surface area contributed by atoms with Gasteiger partial charge in [-0.05, 0) is 0 Å². The largest absolute Gasteiger partial charge is 4.00 e. The summed E-state index contributed by atoms with van der Waals surface area (Å²) in [5.74, 6) is 0. The van der Waals surface area contributed by atoms with E-state index < -0.39 is 0 Å². The Morgan fingerprint density at radius 2 is 0.385 bits per heavy atom. The molecule has 0 aliphatic rings. The van der Waals surface area contributed by atoms with E-state index in [1.807, 2.05) is 41.5 Å². The Kier molecular flexibility index (Phi) is 183. The SMILES string of the molecule is CCC[O-].CCC[O-].CCC[O-].CCC[O-].CCC[O-].CCC[O-].[Ba+2].[Ti+4]. The van der Waals surface area contributed by atoms with E-state index in [1.165, 1.54) is 0 Å². The van der Waals surface area contributed by atoms with Crippen LogP contribution < -0.4 is 30.6 Å². The molecule has 0 aliphatic carbocycles. The topological polar surface area (TPSA) is 138 Å². The Hall–Kier alpha value is 2.05. The minimum Gasteiger partial charge on any atom is -0.854 e. The first kappa shape index (κ1) is 51.1. The van der Waals surface area contributed by atoms with Gasteiger partial charge in [-0.2, -0.15) is 0 Å². The third-order valence-electron chi connectivity index (χ3n) is 1.22. The molecule has 0 spiro atoms. The van der Waals surface area contributed by atoms with Crippen molar-refractivity contribution in [3.05, 3.63) is 0 Å². The zero-order valence-electron chi connectivity index (χ0n) is 18.1. The molecular weight excluding hydrogens is 497 g/mol. The van der Waals surface area contributed by atoms with Gasteiger partial charge in [0.15, 0.2) is 0 Å². The quantitative estimate of drug-likeness (QED) is 0.364. The Morgan fingerprint density at radius 1 is 0.346 bits per heavy atom. The first-order valence-electron chi connectivity index (χ1n) is 8.97. The second-order valence-corrected chi connectivity index (χ2v) is 4.22. The van der Waals surface area contributed by atoms with Crippen molar-refractivity contribution in [3.63, 3.8) is 0 Å². The molecule has 0 saturated heterocycles. The molecule has 0 unspecified atom stereocenters. The number of hydrogen-bond acceptors (Lipinski definition) is 6. The molecule has 0 rings (SSSR count). The molecule has 6 nitrogen and oxygen atoms in total. The van der Waals surface area contributed by atoms with Gasteiger partial charge in [-0.15, -0.1) is 39.6 Å². The van der Waals surface area contributed by atoms with Gasteiger partial charge in [0.2, 0.25) is 0 Å². The maximum atomic E-state index is 9.30. The van der Waals surface area contributed by atoms with E-state index in [1.54, 1.807) is 0 Å². The molecule has 0 aliphatic heterocycles. The van der Waals surface area contributed by atoms with Gasteiger partial charge in [0.05, 0.1) is 0 Å². The molecule has 0 amide bonds. The molecule has 156 valence electrons. The monoisotopic (exact) mass is 540 g/mol. The van der Waals surface area contributed by atoms with E-state index >= 15 is 0 Å². The van der Waals surface area contributed by atoms with E-state index in [4.69, 9.17) is 0 Å². The molecule has 0 heterocycles. The fraction of sp³-hybridized carbons (Fsp3) is 1.00. The van der Waals surface area contributed by atoms with Gasteiger partial charge in [-0.25, -0.2) is 0 Å². The van der Waals surface area contributed by atoms with Crippen LogP contribution in [0.2, 0.25) is 0 Å². The molecule has 0 N–H and O–H groups in total. The summed E-state index contributed by atoms with van der Waals surface area (Å²) in [6, 6.07) is 0. The average molecular weight is 540 g/mol. The molecule has 0 bridgehead atoms. The minimum atomic E-state index is 0. The molecule has 0 aromatic rings. The molecule has 26 heavy (non-hydrogen) atoms. The van der Waals surface area contributed by atoms with Crippen LogP contribution in [0.25, 0.3) is 0 Å². The number of rotatable bonds is 6. The summed E-state index contributed by atoms with van der Waals surface area (Å²) in [6.45, 7) is 11.6. The van der Waals surface area contributed by atoms with Gasteiger partial charge in [0.25, 0.3) is 0 Å². The van der Waals surface area contributed by atoms with Crippen molar-refractivity contribution in [1.29, 1.82) is 0 Å². The Labute approximate surface area is 218 Å². The second kappa shape index (κ2) is 93.0. The maximum absolute atomic E-state index is 9.30. The average Bonchev–Trinajstić information content (AvgIpc) is 2.68. The van der Waals surface area contributed by atoms with Gasteiger partial charge in [-0.1, -0.05) is 80.1 Å². The predicted octanol–water partition coefficient (Wildman–Crippen LogP) is -1.84. The van der Waals surface area contributed by atoms with Crippen molar-refractivity contribution in [2.45, 2.75) is 80.1 Å². The van der Waals surface area contributed by atoms with Gasteiger partial charge in [0.1, 0.15) is 0 Å².